The highest BCUT2D eigenvalue weighted by molar-refractivity contribution is 6.31. The first-order valence-electron chi connectivity index (χ1n) is 10.5. The first-order valence-corrected chi connectivity index (χ1v) is 10.9. The number of rotatable bonds is 6. The predicted molar refractivity (Wildman–Crippen MR) is 126 cm³/mol. The Morgan fingerprint density at radius 3 is 2.36 bits per heavy atom. The normalized spacial score (nSPS) is 15.6. The summed E-state index contributed by atoms with van der Waals surface area (Å²) in [5.41, 5.74) is 2.40. The number of nitrogens with zero attached hydrogens (tertiary/aromatic N) is 2. The highest BCUT2D eigenvalue weighted by Crippen LogP contribution is 2.30. The van der Waals surface area contributed by atoms with Crippen LogP contribution < -0.4 is 9.64 Å². The average molecular weight is 463 g/mol. The summed E-state index contributed by atoms with van der Waals surface area (Å²) in [6.07, 6.45) is -0.104. The fourth-order valence-corrected chi connectivity index (χ4v) is 4.16. The van der Waals surface area contributed by atoms with Gasteiger partial charge < -0.3 is 9.64 Å². The Kier molecular flexibility index (Phi) is 6.47. The maximum Gasteiger partial charge on any atom is 0.257 e. The van der Waals surface area contributed by atoms with Gasteiger partial charge in [-0.25, -0.2) is 4.90 Å². The number of hydrogen-bond donors (Lipinski definition) is 0. The van der Waals surface area contributed by atoms with Gasteiger partial charge in [0, 0.05) is 17.1 Å². The van der Waals surface area contributed by atoms with Crippen molar-refractivity contribution in [3.8, 4) is 5.75 Å². The number of carbonyl (C=O) groups is 3. The number of hydrogen-bond acceptors (Lipinski definition) is 4. The van der Waals surface area contributed by atoms with E-state index in [1.165, 1.54) is 4.90 Å². The SMILES string of the molecule is COc1ccc(N2C(=O)CC(N(Cc3ccccc3Cl)C(=O)c3ccccc3C)C2=O)cc1. The first-order chi connectivity index (χ1) is 15.9. The molecule has 3 amide bonds. The van der Waals surface area contributed by atoms with E-state index in [1.807, 2.05) is 31.2 Å². The molecule has 1 atom stereocenters. The summed E-state index contributed by atoms with van der Waals surface area (Å²) in [5, 5.41) is 0.490. The maximum absolute atomic E-state index is 13.6. The van der Waals surface area contributed by atoms with Crippen LogP contribution in [0.2, 0.25) is 5.02 Å². The van der Waals surface area contributed by atoms with Crippen molar-refractivity contribution < 1.29 is 19.1 Å². The molecular formula is C26H23ClN2O4. The topological polar surface area (TPSA) is 66.9 Å². The van der Waals surface area contributed by atoms with Gasteiger partial charge in [0.25, 0.3) is 11.8 Å². The minimum Gasteiger partial charge on any atom is -0.497 e. The van der Waals surface area contributed by atoms with Gasteiger partial charge in [0.15, 0.2) is 0 Å². The largest absolute Gasteiger partial charge is 0.497 e. The van der Waals surface area contributed by atoms with Gasteiger partial charge in [0.2, 0.25) is 5.91 Å². The number of aryl methyl sites for hydroxylation is 1. The van der Waals surface area contributed by atoms with Gasteiger partial charge >= 0.3 is 0 Å². The van der Waals surface area contributed by atoms with Crippen LogP contribution in [0.25, 0.3) is 0 Å². The smallest absolute Gasteiger partial charge is 0.257 e. The van der Waals surface area contributed by atoms with Crippen molar-refractivity contribution in [1.29, 1.82) is 0 Å². The second kappa shape index (κ2) is 9.46. The Balaban J connectivity index is 1.71. The van der Waals surface area contributed by atoms with Crippen molar-refractivity contribution in [3.63, 3.8) is 0 Å². The van der Waals surface area contributed by atoms with E-state index in [0.717, 1.165) is 10.5 Å². The van der Waals surface area contributed by atoms with Gasteiger partial charge in [-0.3, -0.25) is 14.4 Å². The monoisotopic (exact) mass is 462 g/mol. The van der Waals surface area contributed by atoms with Gasteiger partial charge in [0.05, 0.1) is 19.2 Å². The van der Waals surface area contributed by atoms with E-state index in [-0.39, 0.29) is 24.8 Å². The summed E-state index contributed by atoms with van der Waals surface area (Å²) < 4.78 is 5.16. The summed E-state index contributed by atoms with van der Waals surface area (Å²) in [6, 6.07) is 20.1. The quantitative estimate of drug-likeness (QED) is 0.501. The second-order valence-corrected chi connectivity index (χ2v) is 8.23. The van der Waals surface area contributed by atoms with Crippen LogP contribution in [0.15, 0.2) is 72.8 Å². The van der Waals surface area contributed by atoms with E-state index in [9.17, 15) is 14.4 Å². The Morgan fingerprint density at radius 2 is 1.70 bits per heavy atom. The molecule has 4 rings (SSSR count). The molecule has 6 nitrogen and oxygen atoms in total. The van der Waals surface area contributed by atoms with E-state index >= 15 is 0 Å². The van der Waals surface area contributed by atoms with Crippen LogP contribution in [0.1, 0.15) is 27.9 Å². The van der Waals surface area contributed by atoms with E-state index in [2.05, 4.69) is 0 Å². The van der Waals surface area contributed by atoms with Crippen molar-refractivity contribution in [3.05, 3.63) is 94.5 Å². The van der Waals surface area contributed by atoms with Crippen LogP contribution in [-0.4, -0.2) is 35.8 Å². The minimum absolute atomic E-state index is 0.104. The third-order valence-corrected chi connectivity index (χ3v) is 6.13. The molecule has 3 aromatic carbocycles. The molecule has 0 aromatic heterocycles. The minimum atomic E-state index is -0.942. The number of amides is 3. The zero-order chi connectivity index (χ0) is 23.5. The van der Waals surface area contributed by atoms with E-state index < -0.39 is 11.9 Å². The molecule has 0 saturated carbocycles. The molecule has 1 saturated heterocycles. The van der Waals surface area contributed by atoms with E-state index in [1.54, 1.807) is 55.6 Å². The number of halogens is 1. The molecule has 3 aromatic rings. The summed E-state index contributed by atoms with van der Waals surface area (Å²) in [7, 11) is 1.54. The lowest BCUT2D eigenvalue weighted by Gasteiger charge is -2.28. The summed E-state index contributed by atoms with van der Waals surface area (Å²) in [5.74, 6) is -0.517. The number of imide groups is 1. The molecule has 1 heterocycles. The predicted octanol–water partition coefficient (Wildman–Crippen LogP) is 4.63. The Hall–Kier alpha value is -3.64. The summed E-state index contributed by atoms with van der Waals surface area (Å²) in [6.45, 7) is 1.94. The molecule has 0 spiro atoms. The van der Waals surface area contributed by atoms with Crippen molar-refractivity contribution in [2.45, 2.75) is 25.9 Å². The Labute approximate surface area is 197 Å². The van der Waals surface area contributed by atoms with Crippen LogP contribution in [0, 0.1) is 6.92 Å². The van der Waals surface area contributed by atoms with Gasteiger partial charge in [-0.05, 0) is 54.4 Å². The second-order valence-electron chi connectivity index (χ2n) is 7.82. The summed E-state index contributed by atoms with van der Waals surface area (Å²) in [4.78, 5) is 42.6. The molecule has 1 fully saturated rings. The summed E-state index contributed by atoms with van der Waals surface area (Å²) >= 11 is 6.36. The van der Waals surface area contributed by atoms with Crippen molar-refractivity contribution in [2.75, 3.05) is 12.0 Å². The van der Waals surface area contributed by atoms with Gasteiger partial charge in [-0.15, -0.1) is 0 Å². The highest BCUT2D eigenvalue weighted by Gasteiger charge is 2.44. The molecule has 7 heteroatoms. The molecule has 0 N–H and O–H groups in total. The first kappa shape index (κ1) is 22.6. The number of anilines is 1. The highest BCUT2D eigenvalue weighted by atomic mass is 35.5. The standard InChI is InChI=1S/C26H23ClN2O4/c1-17-7-3-5-9-21(17)25(31)28(16-18-8-4-6-10-22(18)27)23-15-24(30)29(26(23)32)19-11-13-20(33-2)14-12-19/h3-14,23H,15-16H2,1-2H3. The average Bonchev–Trinajstić information content (AvgIpc) is 3.12. The van der Waals surface area contributed by atoms with Gasteiger partial charge in [-0.2, -0.15) is 0 Å². The zero-order valence-electron chi connectivity index (χ0n) is 18.3. The third kappa shape index (κ3) is 4.47. The van der Waals surface area contributed by atoms with Gasteiger partial charge in [0.1, 0.15) is 11.8 Å². The van der Waals surface area contributed by atoms with E-state index in [4.69, 9.17) is 16.3 Å². The zero-order valence-corrected chi connectivity index (χ0v) is 19.1. The van der Waals surface area contributed by atoms with Crippen molar-refractivity contribution in [1.82, 2.24) is 4.90 Å². The molecule has 0 radical (unpaired) electrons. The number of carbonyl (C=O) groups excluding carboxylic acids is 3. The molecule has 168 valence electrons. The lowest BCUT2D eigenvalue weighted by Crippen LogP contribution is -2.45. The van der Waals surface area contributed by atoms with Crippen LogP contribution in [0.4, 0.5) is 5.69 Å². The van der Waals surface area contributed by atoms with Gasteiger partial charge in [-0.1, -0.05) is 48.0 Å². The number of methoxy groups -OCH3 is 1. The van der Waals surface area contributed by atoms with Crippen molar-refractivity contribution >= 4 is 35.0 Å². The van der Waals surface area contributed by atoms with Crippen LogP contribution in [-0.2, 0) is 16.1 Å². The van der Waals surface area contributed by atoms with Crippen LogP contribution >= 0.6 is 11.6 Å². The Bertz CT molecular complexity index is 1210. The molecular weight excluding hydrogens is 440 g/mol. The Morgan fingerprint density at radius 1 is 1.03 bits per heavy atom. The van der Waals surface area contributed by atoms with Crippen LogP contribution in [0.3, 0.4) is 0 Å². The maximum atomic E-state index is 13.6. The fourth-order valence-electron chi connectivity index (χ4n) is 3.96. The molecule has 1 aliphatic heterocycles. The molecule has 1 unspecified atom stereocenters. The molecule has 0 bridgehead atoms. The van der Waals surface area contributed by atoms with Crippen molar-refractivity contribution in [2.24, 2.45) is 0 Å². The lowest BCUT2D eigenvalue weighted by atomic mass is 10.0. The molecule has 1 aliphatic rings. The number of ether oxygens (including phenoxy) is 1. The van der Waals surface area contributed by atoms with E-state index in [0.29, 0.717) is 27.6 Å². The number of benzene rings is 3. The van der Waals surface area contributed by atoms with Crippen LogP contribution in [0.5, 0.6) is 5.75 Å². The third-order valence-electron chi connectivity index (χ3n) is 5.76. The molecule has 0 aliphatic carbocycles. The molecule has 33 heavy (non-hydrogen) atoms. The fraction of sp³-hybridized carbons (Fsp3) is 0.192. The lowest BCUT2D eigenvalue weighted by molar-refractivity contribution is -0.122.